The second kappa shape index (κ2) is 7.58. The van der Waals surface area contributed by atoms with Gasteiger partial charge in [0.1, 0.15) is 6.33 Å². The first-order valence-electron chi connectivity index (χ1n) is 7.32. The van der Waals surface area contributed by atoms with E-state index in [0.29, 0.717) is 11.6 Å². The Bertz CT molecular complexity index is 888. The Balaban J connectivity index is 1.62. The van der Waals surface area contributed by atoms with Crippen molar-refractivity contribution in [3.63, 3.8) is 0 Å². The molecule has 8 nitrogen and oxygen atoms in total. The molecular formula is C16H15N7OS. The fraction of sp³-hybridized carbons (Fsp3) is 0.0625. The van der Waals surface area contributed by atoms with Crippen LogP contribution in [0.5, 0.6) is 0 Å². The van der Waals surface area contributed by atoms with Crippen molar-refractivity contribution >= 4 is 30.6 Å². The van der Waals surface area contributed by atoms with Crippen molar-refractivity contribution in [2.45, 2.75) is 11.8 Å². The topological polar surface area (TPSA) is 97.6 Å². The minimum atomic E-state index is -0.365. The van der Waals surface area contributed by atoms with Crippen molar-refractivity contribution in [1.29, 1.82) is 0 Å². The molecule has 2 aromatic heterocycles. The molecule has 0 aliphatic rings. The highest BCUT2D eigenvalue weighted by Gasteiger charge is 2.05. The molecule has 2 heterocycles. The molecule has 3 rings (SSSR count). The van der Waals surface area contributed by atoms with E-state index in [2.05, 4.69) is 43.5 Å². The van der Waals surface area contributed by atoms with E-state index in [1.165, 1.54) is 35.7 Å². The number of amides is 1. The van der Waals surface area contributed by atoms with E-state index < -0.39 is 0 Å². The van der Waals surface area contributed by atoms with Crippen molar-refractivity contribution in [3.05, 3.63) is 54.8 Å². The highest BCUT2D eigenvalue weighted by Crippen LogP contribution is 2.20. The van der Waals surface area contributed by atoms with Gasteiger partial charge in [0, 0.05) is 35.1 Å². The van der Waals surface area contributed by atoms with Gasteiger partial charge < -0.3 is 0 Å². The molecule has 0 spiro atoms. The van der Waals surface area contributed by atoms with Gasteiger partial charge >= 0.3 is 0 Å². The number of rotatable bonds is 5. The molecule has 0 saturated carbocycles. The largest absolute Gasteiger partial charge is 0.280 e. The summed E-state index contributed by atoms with van der Waals surface area (Å²) >= 11 is 4.36. The smallest absolute Gasteiger partial charge is 0.263 e. The normalized spacial score (nSPS) is 10.8. The highest BCUT2D eigenvalue weighted by molar-refractivity contribution is 7.80. The van der Waals surface area contributed by atoms with Gasteiger partial charge in [-0.3, -0.25) is 20.6 Å². The van der Waals surface area contributed by atoms with E-state index in [0.717, 1.165) is 16.0 Å². The summed E-state index contributed by atoms with van der Waals surface area (Å²) in [7, 11) is 0. The molecule has 0 fully saturated rings. The first-order valence-corrected chi connectivity index (χ1v) is 7.77. The van der Waals surface area contributed by atoms with Crippen LogP contribution in [-0.2, 0) is 4.79 Å². The lowest BCUT2D eigenvalue weighted by Crippen LogP contribution is -2.28. The number of hydrogen-bond donors (Lipinski definition) is 3. The van der Waals surface area contributed by atoms with Gasteiger partial charge in [-0.2, -0.15) is 0 Å². The van der Waals surface area contributed by atoms with Gasteiger partial charge in [0.25, 0.3) is 5.91 Å². The number of hydrazine groups is 1. The summed E-state index contributed by atoms with van der Waals surface area (Å²) in [5, 5.41) is 4.32. The van der Waals surface area contributed by atoms with E-state index >= 15 is 0 Å². The van der Waals surface area contributed by atoms with Crippen LogP contribution < -0.4 is 10.9 Å². The zero-order valence-electron chi connectivity index (χ0n) is 13.3. The van der Waals surface area contributed by atoms with Crippen molar-refractivity contribution in [2.75, 3.05) is 5.43 Å². The number of anilines is 1. The van der Waals surface area contributed by atoms with E-state index in [4.69, 9.17) is 0 Å². The maximum Gasteiger partial charge on any atom is 0.263 e. The highest BCUT2D eigenvalue weighted by atomic mass is 32.1. The van der Waals surface area contributed by atoms with Crippen LogP contribution in [0.3, 0.4) is 0 Å². The Morgan fingerprint density at radius 2 is 2.12 bits per heavy atom. The van der Waals surface area contributed by atoms with Crippen LogP contribution in [0.15, 0.2) is 54.1 Å². The zero-order chi connectivity index (χ0) is 17.6. The number of carbonyl (C=O) groups excluding carboxylic acids is 1. The van der Waals surface area contributed by atoms with Crippen molar-refractivity contribution in [3.8, 4) is 11.4 Å². The number of carbonyl (C=O) groups is 1. The van der Waals surface area contributed by atoms with Crippen LogP contribution >= 0.6 is 12.6 Å². The van der Waals surface area contributed by atoms with Gasteiger partial charge in [0.2, 0.25) is 0 Å². The summed E-state index contributed by atoms with van der Waals surface area (Å²) in [6, 6.07) is 5.82. The molecule has 2 N–H and O–H groups in total. The lowest BCUT2D eigenvalue weighted by Gasteiger charge is -2.03. The first-order chi connectivity index (χ1) is 12.1. The number of aromatic nitrogens is 5. The quantitative estimate of drug-likeness (QED) is 0.368. The Labute approximate surface area is 149 Å². The third-order valence-electron chi connectivity index (χ3n) is 3.08. The number of hydrogen-bond acceptors (Lipinski definition) is 7. The Morgan fingerprint density at radius 3 is 2.88 bits per heavy atom. The standard InChI is InChI=1S/C16H15N7OS/c1-11-6-12(8-13(25)7-11)16-19-10-23(22-16)5-2-15(24)21-20-14-9-17-3-4-18-14/h2-10,25H,1H3,(H,18,20)(H,21,24)/b5-2-. The summed E-state index contributed by atoms with van der Waals surface area (Å²) in [5.41, 5.74) is 7.06. The molecule has 3 aromatic rings. The van der Waals surface area contributed by atoms with Crippen LogP contribution in [0.1, 0.15) is 5.56 Å². The Kier molecular flexibility index (Phi) is 5.05. The van der Waals surface area contributed by atoms with Crippen molar-refractivity contribution in [2.24, 2.45) is 0 Å². The van der Waals surface area contributed by atoms with Crippen molar-refractivity contribution < 1.29 is 4.79 Å². The molecule has 1 aromatic carbocycles. The minimum absolute atomic E-state index is 0.365. The molecule has 1 amide bonds. The molecule has 0 bridgehead atoms. The summed E-state index contributed by atoms with van der Waals surface area (Å²) < 4.78 is 1.46. The molecule has 0 radical (unpaired) electrons. The molecule has 126 valence electrons. The fourth-order valence-electron chi connectivity index (χ4n) is 2.05. The number of benzene rings is 1. The second-order valence-corrected chi connectivity index (χ2v) is 5.64. The number of nitrogens with zero attached hydrogens (tertiary/aromatic N) is 5. The predicted molar refractivity (Wildman–Crippen MR) is 96.6 cm³/mol. The Morgan fingerprint density at radius 1 is 1.24 bits per heavy atom. The predicted octanol–water partition coefficient (Wildman–Crippen LogP) is 1.95. The number of nitrogens with one attached hydrogen (secondary N) is 2. The van der Waals surface area contributed by atoms with Crippen molar-refractivity contribution in [1.82, 2.24) is 30.2 Å². The number of thiol groups is 1. The molecule has 9 heteroatoms. The maximum atomic E-state index is 11.8. The maximum absolute atomic E-state index is 11.8. The van der Waals surface area contributed by atoms with Gasteiger partial charge in [-0.05, 0) is 30.7 Å². The number of aryl methyl sites for hydroxylation is 1. The third-order valence-corrected chi connectivity index (χ3v) is 3.34. The summed E-state index contributed by atoms with van der Waals surface area (Å²) in [5.74, 6) is 0.631. The molecule has 25 heavy (non-hydrogen) atoms. The van der Waals surface area contributed by atoms with Crippen LogP contribution in [0.2, 0.25) is 0 Å². The summed E-state index contributed by atoms with van der Waals surface area (Å²) in [6.07, 6.45) is 8.90. The monoisotopic (exact) mass is 353 g/mol. The summed E-state index contributed by atoms with van der Waals surface area (Å²) in [6.45, 7) is 1.98. The van der Waals surface area contributed by atoms with E-state index in [1.54, 1.807) is 6.20 Å². The lowest BCUT2D eigenvalue weighted by molar-refractivity contribution is -0.116. The van der Waals surface area contributed by atoms with E-state index in [-0.39, 0.29) is 5.91 Å². The van der Waals surface area contributed by atoms with Crippen LogP contribution in [0, 0.1) is 6.92 Å². The molecule has 0 aliphatic carbocycles. The van der Waals surface area contributed by atoms with Crippen LogP contribution in [-0.4, -0.2) is 30.6 Å². The van der Waals surface area contributed by atoms with Crippen LogP contribution in [0.4, 0.5) is 5.82 Å². The summed E-state index contributed by atoms with van der Waals surface area (Å²) in [4.78, 5) is 24.7. The van der Waals surface area contributed by atoms with Gasteiger partial charge in [-0.15, -0.1) is 17.7 Å². The Hall–Kier alpha value is -3.20. The van der Waals surface area contributed by atoms with Gasteiger partial charge in [-0.1, -0.05) is 0 Å². The zero-order valence-corrected chi connectivity index (χ0v) is 14.2. The van der Waals surface area contributed by atoms with Gasteiger partial charge in [0.05, 0.1) is 6.20 Å². The molecule has 0 aliphatic heterocycles. The van der Waals surface area contributed by atoms with Gasteiger partial charge in [0.15, 0.2) is 11.6 Å². The third kappa shape index (κ3) is 4.64. The van der Waals surface area contributed by atoms with Gasteiger partial charge in [-0.25, -0.2) is 14.6 Å². The second-order valence-electron chi connectivity index (χ2n) is 5.13. The van der Waals surface area contributed by atoms with Crippen LogP contribution in [0.25, 0.3) is 17.6 Å². The van der Waals surface area contributed by atoms with E-state index in [1.807, 2.05) is 25.1 Å². The molecule has 0 saturated heterocycles. The SMILES string of the molecule is Cc1cc(S)cc(-c2ncn(/C=C\C(=O)NNc3cnccn3)n2)c1. The molecular weight excluding hydrogens is 338 g/mol. The minimum Gasteiger partial charge on any atom is -0.280 e. The molecule has 0 atom stereocenters. The fourth-order valence-corrected chi connectivity index (χ4v) is 2.39. The average Bonchev–Trinajstić information content (AvgIpc) is 3.07. The lowest BCUT2D eigenvalue weighted by atomic mass is 10.1. The van der Waals surface area contributed by atoms with E-state index in [9.17, 15) is 4.79 Å². The average molecular weight is 353 g/mol. The molecule has 0 unspecified atom stereocenters. The first kappa shape index (κ1) is 16.7.